The van der Waals surface area contributed by atoms with Gasteiger partial charge in [-0.3, -0.25) is 0 Å². The van der Waals surface area contributed by atoms with E-state index in [-0.39, 0.29) is 5.54 Å². The number of hydrogen-bond donors (Lipinski definition) is 3. The molecule has 10 heavy (non-hydrogen) atoms. The van der Waals surface area contributed by atoms with Crippen molar-refractivity contribution in [2.24, 2.45) is 17.2 Å². The Morgan fingerprint density at radius 3 is 1.70 bits per heavy atom. The first-order chi connectivity index (χ1) is 4.68. The van der Waals surface area contributed by atoms with Crippen LogP contribution in [0.15, 0.2) is 0 Å². The molecule has 0 aliphatic rings. The van der Waals surface area contributed by atoms with Crippen LogP contribution < -0.4 is 17.2 Å². The van der Waals surface area contributed by atoms with Gasteiger partial charge in [-0.15, -0.1) is 0 Å². The number of rotatable bonds is 5. The van der Waals surface area contributed by atoms with Crippen molar-refractivity contribution in [3.63, 3.8) is 0 Å². The van der Waals surface area contributed by atoms with Gasteiger partial charge in [0.25, 0.3) is 0 Å². The molecule has 0 unspecified atom stereocenters. The molecule has 0 atom stereocenters. The fourth-order valence-corrected chi connectivity index (χ4v) is 1.05. The highest BCUT2D eigenvalue weighted by Gasteiger charge is 2.19. The van der Waals surface area contributed by atoms with Gasteiger partial charge in [-0.05, 0) is 32.4 Å². The molecule has 3 heteroatoms. The average Bonchev–Trinajstić information content (AvgIpc) is 1.89. The second kappa shape index (κ2) is 4.66. The zero-order valence-electron chi connectivity index (χ0n) is 6.77. The molecule has 0 rings (SSSR count). The van der Waals surface area contributed by atoms with Crippen molar-refractivity contribution in [3.8, 4) is 0 Å². The van der Waals surface area contributed by atoms with Crippen molar-refractivity contribution in [2.75, 3.05) is 13.1 Å². The molecule has 62 valence electrons. The molecule has 0 fully saturated rings. The molecule has 0 amide bonds. The van der Waals surface area contributed by atoms with E-state index in [1.807, 2.05) is 0 Å². The zero-order valence-corrected chi connectivity index (χ0v) is 6.77. The second-order valence-corrected chi connectivity index (χ2v) is 2.79. The van der Waals surface area contributed by atoms with Gasteiger partial charge in [0.1, 0.15) is 0 Å². The monoisotopic (exact) mass is 145 g/mol. The van der Waals surface area contributed by atoms with E-state index in [0.717, 1.165) is 19.3 Å². The normalized spacial score (nSPS) is 12.0. The molecule has 0 aromatic carbocycles. The van der Waals surface area contributed by atoms with Gasteiger partial charge in [0.2, 0.25) is 0 Å². The van der Waals surface area contributed by atoms with Crippen LogP contribution in [-0.4, -0.2) is 18.6 Å². The second-order valence-electron chi connectivity index (χ2n) is 2.79. The quantitative estimate of drug-likeness (QED) is 0.501. The molecular formula is C7H19N3. The molecule has 3 nitrogen and oxygen atoms in total. The van der Waals surface area contributed by atoms with Gasteiger partial charge in [0, 0.05) is 5.54 Å². The Morgan fingerprint density at radius 1 is 1.10 bits per heavy atom. The number of nitrogens with two attached hydrogens (primary N) is 3. The summed E-state index contributed by atoms with van der Waals surface area (Å²) in [5.41, 5.74) is 16.6. The minimum atomic E-state index is -0.108. The summed E-state index contributed by atoms with van der Waals surface area (Å²) in [5, 5.41) is 0. The molecule has 0 spiro atoms. The third-order valence-electron chi connectivity index (χ3n) is 1.99. The van der Waals surface area contributed by atoms with Crippen LogP contribution in [0, 0.1) is 0 Å². The van der Waals surface area contributed by atoms with E-state index >= 15 is 0 Å². The molecule has 0 bridgehead atoms. The van der Waals surface area contributed by atoms with Crippen LogP contribution in [0.25, 0.3) is 0 Å². The fraction of sp³-hybridized carbons (Fsp3) is 1.00. The van der Waals surface area contributed by atoms with E-state index in [2.05, 4.69) is 6.92 Å². The average molecular weight is 145 g/mol. The highest BCUT2D eigenvalue weighted by Crippen LogP contribution is 2.13. The molecule has 0 saturated heterocycles. The maximum absolute atomic E-state index is 5.96. The summed E-state index contributed by atoms with van der Waals surface area (Å²) in [6, 6.07) is 0. The van der Waals surface area contributed by atoms with E-state index in [4.69, 9.17) is 17.2 Å². The highest BCUT2D eigenvalue weighted by atomic mass is 14.8. The maximum atomic E-state index is 5.96. The summed E-state index contributed by atoms with van der Waals surface area (Å²) in [7, 11) is 0. The summed E-state index contributed by atoms with van der Waals surface area (Å²) in [6.45, 7) is 3.39. The molecule has 0 aliphatic carbocycles. The van der Waals surface area contributed by atoms with E-state index in [0.29, 0.717) is 13.1 Å². The molecule has 0 aromatic rings. The summed E-state index contributed by atoms with van der Waals surface area (Å²) in [5.74, 6) is 0. The molecule has 0 saturated carbocycles. The van der Waals surface area contributed by atoms with Crippen LogP contribution >= 0.6 is 0 Å². The zero-order chi connectivity index (χ0) is 8.04. The standard InChI is InChI=1S/C7H19N3/c1-2-7(10,3-5-8)4-6-9/h2-6,8-10H2,1H3. The summed E-state index contributed by atoms with van der Waals surface area (Å²) < 4.78 is 0. The lowest BCUT2D eigenvalue weighted by Crippen LogP contribution is -2.42. The smallest absolute Gasteiger partial charge is 0.0175 e. The third kappa shape index (κ3) is 3.15. The summed E-state index contributed by atoms with van der Waals surface area (Å²) >= 11 is 0. The van der Waals surface area contributed by atoms with Gasteiger partial charge in [0.05, 0.1) is 0 Å². The molecule has 0 heterocycles. The van der Waals surface area contributed by atoms with E-state index in [1.54, 1.807) is 0 Å². The molecule has 0 aromatic heterocycles. The Kier molecular flexibility index (Phi) is 4.60. The van der Waals surface area contributed by atoms with Gasteiger partial charge >= 0.3 is 0 Å². The lowest BCUT2D eigenvalue weighted by atomic mass is 9.90. The SMILES string of the molecule is CCC(N)(CCN)CCN. The predicted molar refractivity (Wildman–Crippen MR) is 44.6 cm³/mol. The van der Waals surface area contributed by atoms with Crippen LogP contribution in [0.1, 0.15) is 26.2 Å². The predicted octanol–water partition coefficient (Wildman–Crippen LogP) is -0.208. The van der Waals surface area contributed by atoms with Gasteiger partial charge in [0.15, 0.2) is 0 Å². The van der Waals surface area contributed by atoms with Crippen molar-refractivity contribution in [3.05, 3.63) is 0 Å². The highest BCUT2D eigenvalue weighted by molar-refractivity contribution is 4.82. The van der Waals surface area contributed by atoms with E-state index < -0.39 is 0 Å². The molecule has 0 radical (unpaired) electrons. The van der Waals surface area contributed by atoms with Crippen LogP contribution in [0.2, 0.25) is 0 Å². The first-order valence-corrected chi connectivity index (χ1v) is 3.87. The molecule has 0 aliphatic heterocycles. The van der Waals surface area contributed by atoms with Gasteiger partial charge in [-0.2, -0.15) is 0 Å². The van der Waals surface area contributed by atoms with Crippen molar-refractivity contribution in [1.29, 1.82) is 0 Å². The lowest BCUT2D eigenvalue weighted by Gasteiger charge is -2.26. The third-order valence-corrected chi connectivity index (χ3v) is 1.99. The fourth-order valence-electron chi connectivity index (χ4n) is 1.05. The van der Waals surface area contributed by atoms with Crippen molar-refractivity contribution >= 4 is 0 Å². The first kappa shape index (κ1) is 9.88. The van der Waals surface area contributed by atoms with Crippen molar-refractivity contribution < 1.29 is 0 Å². The van der Waals surface area contributed by atoms with E-state index in [1.165, 1.54) is 0 Å². The van der Waals surface area contributed by atoms with Crippen molar-refractivity contribution in [2.45, 2.75) is 31.7 Å². The Balaban J connectivity index is 3.69. The Labute approximate surface area is 62.9 Å². The molecule has 6 N–H and O–H groups in total. The Hall–Kier alpha value is -0.120. The Bertz CT molecular complexity index is 76.9. The molecular weight excluding hydrogens is 126 g/mol. The minimum absolute atomic E-state index is 0.108. The summed E-state index contributed by atoms with van der Waals surface area (Å²) in [6.07, 6.45) is 2.71. The van der Waals surface area contributed by atoms with Crippen LogP contribution in [0.4, 0.5) is 0 Å². The van der Waals surface area contributed by atoms with Crippen molar-refractivity contribution in [1.82, 2.24) is 0 Å². The lowest BCUT2D eigenvalue weighted by molar-refractivity contribution is 0.363. The van der Waals surface area contributed by atoms with E-state index in [9.17, 15) is 0 Å². The summed E-state index contributed by atoms with van der Waals surface area (Å²) in [4.78, 5) is 0. The van der Waals surface area contributed by atoms with Crippen LogP contribution in [0.5, 0.6) is 0 Å². The van der Waals surface area contributed by atoms with Gasteiger partial charge < -0.3 is 17.2 Å². The largest absolute Gasteiger partial charge is 0.330 e. The van der Waals surface area contributed by atoms with Crippen LogP contribution in [0.3, 0.4) is 0 Å². The van der Waals surface area contributed by atoms with Crippen LogP contribution in [-0.2, 0) is 0 Å². The topological polar surface area (TPSA) is 78.1 Å². The first-order valence-electron chi connectivity index (χ1n) is 3.87. The Morgan fingerprint density at radius 2 is 1.50 bits per heavy atom. The van der Waals surface area contributed by atoms with Gasteiger partial charge in [-0.1, -0.05) is 6.92 Å². The maximum Gasteiger partial charge on any atom is 0.0175 e. The number of hydrogen-bond acceptors (Lipinski definition) is 3. The minimum Gasteiger partial charge on any atom is -0.330 e. The van der Waals surface area contributed by atoms with Gasteiger partial charge in [-0.25, -0.2) is 0 Å².